The first-order valence-electron chi connectivity index (χ1n) is 6.33. The van der Waals surface area contributed by atoms with E-state index in [4.69, 9.17) is 5.73 Å². The molecule has 0 radical (unpaired) electrons. The predicted octanol–water partition coefficient (Wildman–Crippen LogP) is 0.724. The van der Waals surface area contributed by atoms with E-state index in [1.807, 2.05) is 18.2 Å². The van der Waals surface area contributed by atoms with Crippen molar-refractivity contribution in [1.82, 2.24) is 10.2 Å². The number of piperazine rings is 1. The van der Waals surface area contributed by atoms with Gasteiger partial charge in [0, 0.05) is 25.2 Å². The van der Waals surface area contributed by atoms with E-state index in [0.717, 1.165) is 6.54 Å². The van der Waals surface area contributed by atoms with Crippen molar-refractivity contribution in [3.8, 4) is 0 Å². The zero-order valence-electron chi connectivity index (χ0n) is 11.0. The zero-order valence-corrected chi connectivity index (χ0v) is 11.0. The van der Waals surface area contributed by atoms with Gasteiger partial charge < -0.3 is 11.1 Å². The molecule has 0 aromatic heterocycles. The minimum Gasteiger partial charge on any atom is -0.353 e. The fourth-order valence-corrected chi connectivity index (χ4v) is 2.42. The monoisotopic (exact) mass is 247 g/mol. The first-order chi connectivity index (χ1) is 8.54. The lowest BCUT2D eigenvalue weighted by atomic mass is 9.94. The van der Waals surface area contributed by atoms with Gasteiger partial charge in [0.1, 0.15) is 6.04 Å². The molecule has 18 heavy (non-hydrogen) atoms. The minimum absolute atomic E-state index is 0.0350. The molecule has 1 amide bonds. The number of rotatable bonds is 3. The molecule has 0 bridgehead atoms. The number of nitrogens with zero attached hydrogens (tertiary/aromatic N) is 1. The molecule has 1 atom stereocenters. The summed E-state index contributed by atoms with van der Waals surface area (Å²) in [4.78, 5) is 14.1. The van der Waals surface area contributed by atoms with Crippen LogP contribution in [0, 0.1) is 0 Å². The summed E-state index contributed by atoms with van der Waals surface area (Å²) in [5.74, 6) is 0.0350. The van der Waals surface area contributed by atoms with Crippen LogP contribution in [0.2, 0.25) is 0 Å². The van der Waals surface area contributed by atoms with Gasteiger partial charge in [0.05, 0.1) is 0 Å². The second-order valence-corrected chi connectivity index (χ2v) is 5.40. The molecule has 1 aromatic carbocycles. The maximum Gasteiger partial charge on any atom is 0.238 e. The minimum atomic E-state index is -0.242. The Morgan fingerprint density at radius 2 is 2.06 bits per heavy atom. The van der Waals surface area contributed by atoms with Gasteiger partial charge in [0.2, 0.25) is 5.91 Å². The molecule has 2 rings (SSSR count). The van der Waals surface area contributed by atoms with Gasteiger partial charge in [0.15, 0.2) is 0 Å². The van der Waals surface area contributed by atoms with Crippen LogP contribution in [0.1, 0.15) is 19.4 Å². The van der Waals surface area contributed by atoms with Gasteiger partial charge >= 0.3 is 0 Å². The fraction of sp³-hybridized carbons (Fsp3) is 0.500. The Morgan fingerprint density at radius 3 is 2.67 bits per heavy atom. The van der Waals surface area contributed by atoms with E-state index >= 15 is 0 Å². The number of amides is 1. The summed E-state index contributed by atoms with van der Waals surface area (Å²) in [6, 6.07) is 9.95. The molecule has 98 valence electrons. The highest BCUT2D eigenvalue weighted by Crippen LogP contribution is 2.23. The lowest BCUT2D eigenvalue weighted by molar-refractivity contribution is -0.134. The molecule has 1 aliphatic rings. The number of hydrogen-bond acceptors (Lipinski definition) is 3. The molecule has 0 aliphatic carbocycles. The van der Waals surface area contributed by atoms with Crippen molar-refractivity contribution in [3.63, 3.8) is 0 Å². The van der Waals surface area contributed by atoms with Crippen LogP contribution in [-0.4, -0.2) is 35.5 Å². The van der Waals surface area contributed by atoms with Crippen LogP contribution in [0.4, 0.5) is 0 Å². The molecular formula is C14H21N3O. The summed E-state index contributed by atoms with van der Waals surface area (Å²) in [6.45, 7) is 6.04. The molecule has 1 saturated heterocycles. The number of nitrogens with two attached hydrogens (primary N) is 1. The summed E-state index contributed by atoms with van der Waals surface area (Å²) in [6.07, 6.45) is 0. The van der Waals surface area contributed by atoms with Crippen LogP contribution in [0.5, 0.6) is 0 Å². The standard InChI is InChI=1S/C14H21N3O/c1-14(2)10-16-13(18)12(8-15)17(14)9-11-6-4-3-5-7-11/h3-7,12H,8-10,15H2,1-2H3,(H,16,18). The third-order valence-electron chi connectivity index (χ3n) is 3.57. The summed E-state index contributed by atoms with van der Waals surface area (Å²) < 4.78 is 0. The summed E-state index contributed by atoms with van der Waals surface area (Å²) in [5, 5.41) is 2.93. The van der Waals surface area contributed by atoms with E-state index in [0.29, 0.717) is 13.1 Å². The van der Waals surface area contributed by atoms with E-state index in [9.17, 15) is 4.79 Å². The largest absolute Gasteiger partial charge is 0.353 e. The molecule has 0 spiro atoms. The number of nitrogens with one attached hydrogen (secondary N) is 1. The van der Waals surface area contributed by atoms with Crippen molar-refractivity contribution >= 4 is 5.91 Å². The van der Waals surface area contributed by atoms with E-state index in [2.05, 4.69) is 36.2 Å². The summed E-state index contributed by atoms with van der Waals surface area (Å²) >= 11 is 0. The number of carbonyl (C=O) groups excluding carboxylic acids is 1. The summed E-state index contributed by atoms with van der Waals surface area (Å²) in [5.41, 5.74) is 6.89. The van der Waals surface area contributed by atoms with Gasteiger partial charge in [-0.15, -0.1) is 0 Å². The Bertz CT molecular complexity index is 416. The molecule has 0 saturated carbocycles. The second-order valence-electron chi connectivity index (χ2n) is 5.40. The van der Waals surface area contributed by atoms with Gasteiger partial charge in [0.25, 0.3) is 0 Å². The van der Waals surface area contributed by atoms with E-state index in [1.54, 1.807) is 0 Å². The average molecular weight is 247 g/mol. The zero-order chi connectivity index (χ0) is 13.2. The lowest BCUT2D eigenvalue weighted by Crippen LogP contribution is -2.66. The smallest absolute Gasteiger partial charge is 0.238 e. The Kier molecular flexibility index (Phi) is 3.68. The predicted molar refractivity (Wildman–Crippen MR) is 71.9 cm³/mol. The first-order valence-corrected chi connectivity index (χ1v) is 6.33. The van der Waals surface area contributed by atoms with Gasteiger partial charge in [-0.2, -0.15) is 0 Å². The number of carbonyl (C=O) groups is 1. The third kappa shape index (κ3) is 2.54. The van der Waals surface area contributed by atoms with Crippen LogP contribution in [0.25, 0.3) is 0 Å². The third-order valence-corrected chi connectivity index (χ3v) is 3.57. The molecular weight excluding hydrogens is 226 g/mol. The van der Waals surface area contributed by atoms with E-state index in [1.165, 1.54) is 5.56 Å². The topological polar surface area (TPSA) is 58.4 Å². The van der Waals surface area contributed by atoms with Crippen molar-refractivity contribution in [1.29, 1.82) is 0 Å². The highest BCUT2D eigenvalue weighted by molar-refractivity contribution is 5.83. The van der Waals surface area contributed by atoms with Crippen LogP contribution < -0.4 is 11.1 Å². The molecule has 1 unspecified atom stereocenters. The number of hydrogen-bond donors (Lipinski definition) is 2. The summed E-state index contributed by atoms with van der Waals surface area (Å²) in [7, 11) is 0. The Balaban J connectivity index is 2.22. The average Bonchev–Trinajstić information content (AvgIpc) is 2.36. The van der Waals surface area contributed by atoms with Crippen molar-refractivity contribution in [3.05, 3.63) is 35.9 Å². The van der Waals surface area contributed by atoms with Gasteiger partial charge in [-0.05, 0) is 19.4 Å². The highest BCUT2D eigenvalue weighted by Gasteiger charge is 2.40. The Labute approximate surface area is 108 Å². The highest BCUT2D eigenvalue weighted by atomic mass is 16.2. The number of benzene rings is 1. The van der Waals surface area contributed by atoms with Gasteiger partial charge in [-0.1, -0.05) is 30.3 Å². The van der Waals surface area contributed by atoms with Crippen LogP contribution in [-0.2, 0) is 11.3 Å². The van der Waals surface area contributed by atoms with Crippen molar-refractivity contribution in [2.45, 2.75) is 32.0 Å². The molecule has 1 aliphatic heterocycles. The molecule has 1 aromatic rings. The lowest BCUT2D eigenvalue weighted by Gasteiger charge is -2.46. The molecule has 3 N–H and O–H groups in total. The Morgan fingerprint density at radius 1 is 1.39 bits per heavy atom. The van der Waals surface area contributed by atoms with E-state index in [-0.39, 0.29) is 17.5 Å². The van der Waals surface area contributed by atoms with Gasteiger partial charge in [-0.25, -0.2) is 0 Å². The molecule has 1 heterocycles. The van der Waals surface area contributed by atoms with Crippen LogP contribution in [0.15, 0.2) is 30.3 Å². The second kappa shape index (κ2) is 5.08. The normalized spacial score (nSPS) is 23.7. The van der Waals surface area contributed by atoms with Crippen molar-refractivity contribution < 1.29 is 4.79 Å². The van der Waals surface area contributed by atoms with Crippen LogP contribution >= 0.6 is 0 Å². The molecule has 1 fully saturated rings. The van der Waals surface area contributed by atoms with Crippen LogP contribution in [0.3, 0.4) is 0 Å². The molecule has 4 nitrogen and oxygen atoms in total. The molecule has 4 heteroatoms. The van der Waals surface area contributed by atoms with Gasteiger partial charge in [-0.3, -0.25) is 9.69 Å². The fourth-order valence-electron chi connectivity index (χ4n) is 2.42. The SMILES string of the molecule is CC1(C)CNC(=O)C(CN)N1Cc1ccccc1. The first kappa shape index (κ1) is 13.1. The van der Waals surface area contributed by atoms with Crippen molar-refractivity contribution in [2.24, 2.45) is 5.73 Å². The van der Waals surface area contributed by atoms with Crippen molar-refractivity contribution in [2.75, 3.05) is 13.1 Å². The Hall–Kier alpha value is -1.39. The maximum atomic E-state index is 11.9. The van der Waals surface area contributed by atoms with E-state index < -0.39 is 0 Å². The maximum absolute atomic E-state index is 11.9. The quantitative estimate of drug-likeness (QED) is 0.827.